The Morgan fingerprint density at radius 2 is 2.08 bits per heavy atom. The number of hydrogen-bond donors (Lipinski definition) is 0. The van der Waals surface area contributed by atoms with E-state index in [-0.39, 0.29) is 5.97 Å². The van der Waals surface area contributed by atoms with E-state index in [1.165, 1.54) is 6.08 Å². The second-order valence-electron chi connectivity index (χ2n) is 2.11. The summed E-state index contributed by atoms with van der Waals surface area (Å²) in [6, 6.07) is 0. The lowest BCUT2D eigenvalue weighted by atomic mass is 10.3. The van der Waals surface area contributed by atoms with Crippen LogP contribution in [0.3, 0.4) is 0 Å². The van der Waals surface area contributed by atoms with Crippen molar-refractivity contribution >= 4 is 28.6 Å². The van der Waals surface area contributed by atoms with Gasteiger partial charge in [0.2, 0.25) is 0 Å². The lowest BCUT2D eigenvalue weighted by Gasteiger charge is -1.96. The van der Waals surface area contributed by atoms with E-state index in [1.807, 2.05) is 6.08 Å². The smallest absolute Gasteiger partial charge is 0.330 e. The molecule has 0 aromatic heterocycles. The summed E-state index contributed by atoms with van der Waals surface area (Å²) in [5.41, 5.74) is 0. The summed E-state index contributed by atoms with van der Waals surface area (Å²) in [6.45, 7) is 3.74. The van der Waals surface area contributed by atoms with Crippen LogP contribution in [-0.2, 0) is 9.53 Å². The van der Waals surface area contributed by atoms with Gasteiger partial charge in [-0.1, -0.05) is 41.3 Å². The van der Waals surface area contributed by atoms with Gasteiger partial charge in [0.15, 0.2) is 0 Å². The van der Waals surface area contributed by atoms with Crippen LogP contribution in [0.1, 0.15) is 12.8 Å². The predicted octanol–water partition coefficient (Wildman–Crippen LogP) is 2.49. The minimum Gasteiger partial charge on any atom is -0.462 e. The van der Waals surface area contributed by atoms with Gasteiger partial charge >= 0.3 is 5.97 Å². The third kappa shape index (κ3) is 7.78. The lowest BCUT2D eigenvalue weighted by Crippen LogP contribution is -2.00. The van der Waals surface area contributed by atoms with Crippen molar-refractivity contribution in [2.24, 2.45) is 0 Å². The maximum Gasteiger partial charge on any atom is 0.330 e. The Morgan fingerprint density at radius 1 is 1.42 bits per heavy atom. The molecule has 0 N–H and O–H groups in total. The Bertz CT molecular complexity index is 164. The standard InChI is InChI=1S/C9H13IO2/c1-2-9(11)12-8-6-4-3-5-7-10/h2-4H,1,5-8H2/b4-3+. The molecule has 0 aromatic rings. The van der Waals surface area contributed by atoms with Crippen molar-refractivity contribution < 1.29 is 9.53 Å². The van der Waals surface area contributed by atoms with Crippen LogP contribution in [0.25, 0.3) is 0 Å². The molecule has 0 heterocycles. The molecule has 0 spiro atoms. The molecule has 0 aliphatic rings. The largest absolute Gasteiger partial charge is 0.462 e. The molecule has 0 rings (SSSR count). The van der Waals surface area contributed by atoms with E-state index in [1.54, 1.807) is 0 Å². The molecule has 68 valence electrons. The van der Waals surface area contributed by atoms with Gasteiger partial charge in [0, 0.05) is 10.5 Å². The van der Waals surface area contributed by atoms with Gasteiger partial charge in [0.25, 0.3) is 0 Å². The molecule has 0 bridgehead atoms. The summed E-state index contributed by atoms with van der Waals surface area (Å²) in [4.78, 5) is 10.5. The zero-order valence-corrected chi connectivity index (χ0v) is 9.12. The zero-order valence-electron chi connectivity index (χ0n) is 6.96. The third-order valence-electron chi connectivity index (χ3n) is 1.14. The van der Waals surface area contributed by atoms with Crippen molar-refractivity contribution in [3.05, 3.63) is 24.8 Å². The number of esters is 1. The molecule has 2 nitrogen and oxygen atoms in total. The Morgan fingerprint density at radius 3 is 2.67 bits per heavy atom. The molecule has 0 unspecified atom stereocenters. The van der Waals surface area contributed by atoms with E-state index in [2.05, 4.69) is 35.2 Å². The highest BCUT2D eigenvalue weighted by Crippen LogP contribution is 1.92. The predicted molar refractivity (Wildman–Crippen MR) is 58.4 cm³/mol. The molecular formula is C9H13IO2. The molecule has 0 radical (unpaired) electrons. The van der Waals surface area contributed by atoms with Gasteiger partial charge in [-0.25, -0.2) is 4.79 Å². The molecule has 12 heavy (non-hydrogen) atoms. The molecule has 0 saturated carbocycles. The molecule has 0 fully saturated rings. The van der Waals surface area contributed by atoms with Crippen LogP contribution >= 0.6 is 22.6 Å². The Labute approximate surface area is 86.8 Å². The average Bonchev–Trinajstić information content (AvgIpc) is 2.10. The number of halogens is 1. The molecule has 0 aromatic carbocycles. The van der Waals surface area contributed by atoms with Gasteiger partial charge in [-0.05, 0) is 12.8 Å². The van der Waals surface area contributed by atoms with Crippen molar-refractivity contribution in [2.45, 2.75) is 12.8 Å². The van der Waals surface area contributed by atoms with Crippen LogP contribution in [0.2, 0.25) is 0 Å². The minimum absolute atomic E-state index is 0.350. The molecular weight excluding hydrogens is 267 g/mol. The summed E-state index contributed by atoms with van der Waals surface area (Å²) in [5, 5.41) is 0. The second kappa shape index (κ2) is 8.77. The summed E-state index contributed by atoms with van der Waals surface area (Å²) in [5.74, 6) is -0.350. The Kier molecular flexibility index (Phi) is 8.54. The molecule has 0 saturated heterocycles. The number of allylic oxidation sites excluding steroid dienone is 1. The first-order chi connectivity index (χ1) is 5.81. The van der Waals surface area contributed by atoms with Gasteiger partial charge in [-0.3, -0.25) is 0 Å². The van der Waals surface area contributed by atoms with Crippen molar-refractivity contribution in [1.82, 2.24) is 0 Å². The molecule has 0 aliphatic carbocycles. The number of ether oxygens (including phenoxy) is 1. The summed E-state index contributed by atoms with van der Waals surface area (Å²) >= 11 is 2.32. The number of hydrogen-bond acceptors (Lipinski definition) is 2. The van der Waals surface area contributed by atoms with Gasteiger partial charge < -0.3 is 4.74 Å². The van der Waals surface area contributed by atoms with Crippen molar-refractivity contribution in [2.75, 3.05) is 11.0 Å². The fourth-order valence-corrected chi connectivity index (χ4v) is 0.945. The van der Waals surface area contributed by atoms with Crippen molar-refractivity contribution in [1.29, 1.82) is 0 Å². The minimum atomic E-state index is -0.350. The quantitative estimate of drug-likeness (QED) is 0.187. The van der Waals surface area contributed by atoms with Crippen LogP contribution in [0.4, 0.5) is 0 Å². The normalized spacial score (nSPS) is 10.1. The Hall–Kier alpha value is -0.320. The SMILES string of the molecule is C=CC(=O)OCC/C=C/CCI. The second-order valence-corrected chi connectivity index (χ2v) is 3.19. The van der Waals surface area contributed by atoms with Crippen LogP contribution in [0, 0.1) is 0 Å². The van der Waals surface area contributed by atoms with Gasteiger partial charge in [-0.15, -0.1) is 0 Å². The van der Waals surface area contributed by atoms with Crippen LogP contribution in [0.15, 0.2) is 24.8 Å². The fourth-order valence-electron chi connectivity index (χ4n) is 0.585. The first-order valence-electron chi connectivity index (χ1n) is 3.81. The van der Waals surface area contributed by atoms with Crippen molar-refractivity contribution in [3.63, 3.8) is 0 Å². The van der Waals surface area contributed by atoms with E-state index < -0.39 is 0 Å². The monoisotopic (exact) mass is 280 g/mol. The van der Waals surface area contributed by atoms with Crippen molar-refractivity contribution in [3.8, 4) is 0 Å². The highest BCUT2D eigenvalue weighted by Gasteiger charge is 1.91. The number of carbonyl (C=O) groups is 1. The molecule has 0 amide bonds. The fraction of sp³-hybridized carbons (Fsp3) is 0.444. The topological polar surface area (TPSA) is 26.3 Å². The first kappa shape index (κ1) is 11.7. The number of rotatable bonds is 6. The van der Waals surface area contributed by atoms with Crippen LogP contribution in [-0.4, -0.2) is 17.0 Å². The lowest BCUT2D eigenvalue weighted by molar-refractivity contribution is -0.137. The number of alkyl halides is 1. The number of carbonyl (C=O) groups excluding carboxylic acids is 1. The third-order valence-corrected chi connectivity index (χ3v) is 1.76. The van der Waals surface area contributed by atoms with Gasteiger partial charge in [0.1, 0.15) is 0 Å². The maximum absolute atomic E-state index is 10.5. The first-order valence-corrected chi connectivity index (χ1v) is 5.34. The summed E-state index contributed by atoms with van der Waals surface area (Å²) < 4.78 is 5.89. The van der Waals surface area contributed by atoms with E-state index in [0.717, 1.165) is 17.3 Å². The molecule has 3 heteroatoms. The summed E-state index contributed by atoms with van der Waals surface area (Å²) in [6.07, 6.45) is 7.16. The van der Waals surface area contributed by atoms with E-state index >= 15 is 0 Å². The van der Waals surface area contributed by atoms with Crippen LogP contribution in [0.5, 0.6) is 0 Å². The van der Waals surface area contributed by atoms with E-state index in [0.29, 0.717) is 6.61 Å². The van der Waals surface area contributed by atoms with E-state index in [4.69, 9.17) is 4.74 Å². The molecule has 0 aliphatic heterocycles. The highest BCUT2D eigenvalue weighted by molar-refractivity contribution is 14.1. The Balaban J connectivity index is 3.20. The summed E-state index contributed by atoms with van der Waals surface area (Å²) in [7, 11) is 0. The van der Waals surface area contributed by atoms with E-state index in [9.17, 15) is 4.79 Å². The molecule has 0 atom stereocenters. The van der Waals surface area contributed by atoms with Gasteiger partial charge in [-0.2, -0.15) is 0 Å². The van der Waals surface area contributed by atoms with Gasteiger partial charge in [0.05, 0.1) is 6.61 Å². The average molecular weight is 280 g/mol. The van der Waals surface area contributed by atoms with Crippen LogP contribution < -0.4 is 0 Å². The zero-order chi connectivity index (χ0) is 9.23. The maximum atomic E-state index is 10.5. The highest BCUT2D eigenvalue weighted by atomic mass is 127.